The number of esters is 2. The third-order valence-electron chi connectivity index (χ3n) is 11.4. The molecule has 0 radical (unpaired) electrons. The second-order valence-electron chi connectivity index (χ2n) is 16.3. The maximum atomic E-state index is 14.1. The van der Waals surface area contributed by atoms with Gasteiger partial charge in [-0.1, -0.05) is 39.0 Å². The summed E-state index contributed by atoms with van der Waals surface area (Å²) in [4.78, 5) is 53.9. The third kappa shape index (κ3) is 8.10. The van der Waals surface area contributed by atoms with Gasteiger partial charge >= 0.3 is 11.9 Å². The molecule has 1 aromatic carbocycles. The number of aromatic hydroxyl groups is 1. The number of anilines is 1. The highest BCUT2D eigenvalue weighted by atomic mass is 16.7. The molecule has 6 rings (SSSR count). The van der Waals surface area contributed by atoms with E-state index in [4.69, 9.17) is 28.4 Å². The van der Waals surface area contributed by atoms with E-state index in [1.165, 1.54) is 40.9 Å². The van der Waals surface area contributed by atoms with E-state index < -0.39 is 82.9 Å². The molecule has 1 aliphatic carbocycles. The molecule has 1 saturated heterocycles. The van der Waals surface area contributed by atoms with Crippen LogP contribution >= 0.6 is 0 Å². The number of methoxy groups -OCH3 is 1. The fraction of sp³-hybridized carbons (Fsp3) is 0.535. The summed E-state index contributed by atoms with van der Waals surface area (Å²) in [6.45, 7) is 16.7. The predicted molar refractivity (Wildman–Crippen MR) is 210 cm³/mol. The Morgan fingerprint density at radius 3 is 2.16 bits per heavy atom. The predicted octanol–water partition coefficient (Wildman–Crippen LogP) is 4.90. The average Bonchev–Trinajstić information content (AvgIpc) is 3.15. The lowest BCUT2D eigenvalue weighted by atomic mass is 9.74. The minimum absolute atomic E-state index is 0.0437. The van der Waals surface area contributed by atoms with E-state index >= 15 is 0 Å². The van der Waals surface area contributed by atoms with Gasteiger partial charge in [-0.25, -0.2) is 0 Å². The molecule has 1 fully saturated rings. The van der Waals surface area contributed by atoms with Gasteiger partial charge in [0.1, 0.15) is 28.8 Å². The molecule has 0 saturated carbocycles. The molecule has 9 atom stereocenters. The maximum absolute atomic E-state index is 14.1. The van der Waals surface area contributed by atoms with Crippen molar-refractivity contribution in [2.24, 2.45) is 23.7 Å². The van der Waals surface area contributed by atoms with E-state index in [2.05, 4.69) is 5.32 Å². The standard InChI is InChI=1S/C43H55NO14/c1-18-14-13-15-19(2)40(50)44-30-21(4)37(56-25(8)45)26-27(33(30)48)31(46)22(5)36-28(26)35(54-17-55-36)20(3)16-43(11,52)39(49)23(6)32(47)29(41(51)53-12)38-24(7)34(18)57-42(9,10)58-38/h13-16,18,23-24,29,32,34,38-39,47-49,52H,17H2,1-12H3,(H,44,50)/b14-13-,19-15+,20-16+. The first kappa shape index (κ1) is 44.3. The van der Waals surface area contributed by atoms with E-state index in [0.717, 1.165) is 6.92 Å². The molecule has 0 aromatic heterocycles. The highest BCUT2D eigenvalue weighted by molar-refractivity contribution is 6.21. The number of benzene rings is 1. The Kier molecular flexibility index (Phi) is 12.6. The molecular weight excluding hydrogens is 754 g/mol. The smallest absolute Gasteiger partial charge is 0.313 e. The summed E-state index contributed by atoms with van der Waals surface area (Å²) in [5.41, 5.74) is -1.95. The van der Waals surface area contributed by atoms with E-state index in [1.54, 1.807) is 45.9 Å². The molecule has 4 aliphatic heterocycles. The zero-order chi connectivity index (χ0) is 43.3. The topological polar surface area (TPSA) is 217 Å². The summed E-state index contributed by atoms with van der Waals surface area (Å²) >= 11 is 0. The van der Waals surface area contributed by atoms with Crippen LogP contribution in [0.25, 0.3) is 5.57 Å². The first-order chi connectivity index (χ1) is 26.9. The number of phenols is 1. The monoisotopic (exact) mass is 809 g/mol. The molecule has 1 amide bonds. The molecule has 58 heavy (non-hydrogen) atoms. The van der Waals surface area contributed by atoms with E-state index in [1.807, 2.05) is 13.8 Å². The first-order valence-corrected chi connectivity index (χ1v) is 19.2. The number of hydrogen-bond donors (Lipinski definition) is 5. The summed E-state index contributed by atoms with van der Waals surface area (Å²) in [6.07, 6.45) is 1.44. The van der Waals surface area contributed by atoms with Crippen LogP contribution < -0.4 is 10.1 Å². The maximum Gasteiger partial charge on any atom is 0.313 e. The van der Waals surface area contributed by atoms with E-state index in [-0.39, 0.29) is 74.6 Å². The summed E-state index contributed by atoms with van der Waals surface area (Å²) in [6, 6.07) is 0. The van der Waals surface area contributed by atoms with Gasteiger partial charge in [-0.15, -0.1) is 0 Å². The van der Waals surface area contributed by atoms with Gasteiger partial charge in [0, 0.05) is 47.0 Å². The normalized spacial score (nSPS) is 34.1. The molecule has 316 valence electrons. The van der Waals surface area contributed by atoms with Crippen molar-refractivity contribution in [1.29, 1.82) is 0 Å². The highest BCUT2D eigenvalue weighted by Gasteiger charge is 2.52. The van der Waals surface area contributed by atoms with Gasteiger partial charge in [0.05, 0.1) is 48.3 Å². The number of aliphatic hydroxyl groups is 3. The summed E-state index contributed by atoms with van der Waals surface area (Å²) in [5, 5.41) is 50.2. The molecule has 4 heterocycles. The number of Topliss-reactive ketones (excluding diaryl/α,β-unsaturated/α-hetero) is 1. The van der Waals surface area contributed by atoms with Crippen LogP contribution in [0.4, 0.5) is 5.69 Å². The fourth-order valence-electron chi connectivity index (χ4n) is 8.32. The van der Waals surface area contributed by atoms with Gasteiger partial charge in [0.25, 0.3) is 5.91 Å². The second-order valence-corrected chi connectivity index (χ2v) is 16.3. The Hall–Kier alpha value is -4.80. The Balaban J connectivity index is 1.80. The van der Waals surface area contributed by atoms with Crippen LogP contribution in [0.3, 0.4) is 0 Å². The minimum Gasteiger partial charge on any atom is -0.505 e. The Morgan fingerprint density at radius 2 is 1.53 bits per heavy atom. The van der Waals surface area contributed by atoms with Crippen molar-refractivity contribution >= 4 is 34.9 Å². The third-order valence-corrected chi connectivity index (χ3v) is 11.4. The van der Waals surface area contributed by atoms with E-state index in [9.17, 15) is 39.6 Å². The molecule has 5 N–H and O–H groups in total. The van der Waals surface area contributed by atoms with Crippen LogP contribution in [0.1, 0.15) is 90.7 Å². The van der Waals surface area contributed by atoms with Gasteiger partial charge in [0.2, 0.25) is 6.79 Å². The number of ketones is 1. The van der Waals surface area contributed by atoms with Crippen LogP contribution in [-0.2, 0) is 38.1 Å². The molecule has 6 bridgehead atoms. The van der Waals surface area contributed by atoms with E-state index in [0.29, 0.717) is 0 Å². The molecule has 1 aromatic rings. The number of phenolic OH excluding ortho intramolecular Hbond substituents is 1. The van der Waals surface area contributed by atoms with Gasteiger partial charge in [-0.2, -0.15) is 0 Å². The minimum atomic E-state index is -2.11. The number of fused-ring (bicyclic) bond motifs is 10. The lowest BCUT2D eigenvalue weighted by Gasteiger charge is -2.49. The molecule has 0 spiro atoms. The van der Waals surface area contributed by atoms with Crippen LogP contribution in [0.15, 0.2) is 52.5 Å². The Bertz CT molecular complexity index is 2050. The van der Waals surface area contributed by atoms with Crippen LogP contribution in [0, 0.1) is 30.6 Å². The molecular formula is C43H55NO14. The van der Waals surface area contributed by atoms with Crippen molar-refractivity contribution in [1.82, 2.24) is 0 Å². The van der Waals surface area contributed by atoms with Gasteiger partial charge in [-0.3, -0.25) is 19.2 Å². The summed E-state index contributed by atoms with van der Waals surface area (Å²) in [5.74, 6) is -8.14. The van der Waals surface area contributed by atoms with Crippen molar-refractivity contribution in [2.75, 3.05) is 19.2 Å². The zero-order valence-electron chi connectivity index (χ0n) is 35.0. The fourth-order valence-corrected chi connectivity index (χ4v) is 8.32. The Morgan fingerprint density at radius 1 is 0.914 bits per heavy atom. The highest BCUT2D eigenvalue weighted by Crippen LogP contribution is 2.53. The van der Waals surface area contributed by atoms with Crippen molar-refractivity contribution in [3.05, 3.63) is 69.2 Å². The number of rotatable bonds is 2. The first-order valence-electron chi connectivity index (χ1n) is 19.2. The van der Waals surface area contributed by atoms with Crippen LogP contribution in [0.5, 0.6) is 11.5 Å². The van der Waals surface area contributed by atoms with Crippen molar-refractivity contribution < 1.29 is 68.0 Å². The average molecular weight is 810 g/mol. The number of ether oxygens (including phenoxy) is 6. The number of carbonyl (C=O) groups excluding carboxylic acids is 4. The number of carbonyl (C=O) groups is 4. The van der Waals surface area contributed by atoms with Gasteiger partial charge in [-0.05, 0) is 60.1 Å². The van der Waals surface area contributed by atoms with Crippen molar-refractivity contribution in [2.45, 2.75) is 112 Å². The van der Waals surface area contributed by atoms with Crippen molar-refractivity contribution in [3.63, 3.8) is 0 Å². The zero-order valence-corrected chi connectivity index (χ0v) is 35.0. The van der Waals surface area contributed by atoms with Gasteiger partial charge in [0.15, 0.2) is 17.3 Å². The van der Waals surface area contributed by atoms with Crippen LogP contribution in [0.2, 0.25) is 0 Å². The largest absolute Gasteiger partial charge is 0.505 e. The molecule has 5 aliphatic rings. The number of aliphatic hydroxyl groups excluding tert-OH is 2. The van der Waals surface area contributed by atoms with Crippen molar-refractivity contribution in [3.8, 4) is 11.5 Å². The molecule has 15 nitrogen and oxygen atoms in total. The second kappa shape index (κ2) is 16.5. The summed E-state index contributed by atoms with van der Waals surface area (Å²) < 4.78 is 35.4. The summed E-state index contributed by atoms with van der Waals surface area (Å²) in [7, 11) is 1.18. The van der Waals surface area contributed by atoms with Gasteiger partial charge < -0.3 is 54.2 Å². The SMILES string of the molecule is COC(=O)C1C(O)C(C)C(O)C(C)(O)/C=C(\C)C2=C3C(=C(C)C(=O)c4c(O)c(c(C)c(OC(C)=O)c43)NC(=O)/C(C)=C/C=C\C(C)C3OC(C)(C)OC1C3C)OCO2. The lowest BCUT2D eigenvalue weighted by molar-refractivity contribution is -0.336. The number of nitrogens with one attached hydrogen (secondary N) is 1. The number of hydrogen-bond acceptors (Lipinski definition) is 14. The van der Waals surface area contributed by atoms with Crippen LogP contribution in [-0.4, -0.2) is 93.8 Å². The number of allylic oxidation sites excluding steroid dienone is 5. The number of amides is 1. The molecule has 15 heteroatoms. The molecule has 9 unspecified atom stereocenters. The lowest BCUT2D eigenvalue weighted by Crippen LogP contribution is -2.59. The Labute approximate surface area is 338 Å². The quantitative estimate of drug-likeness (QED) is 0.153.